The first-order chi connectivity index (χ1) is 13.6. The smallest absolute Gasteiger partial charge is 0.155 e. The van der Waals surface area contributed by atoms with E-state index in [2.05, 4.69) is 32.7 Å². The Labute approximate surface area is 177 Å². The zero-order chi connectivity index (χ0) is 22.7. The second-order valence-electron chi connectivity index (χ2n) is 7.43. The van der Waals surface area contributed by atoms with Gasteiger partial charge in [-0.1, -0.05) is 59.4 Å². The van der Waals surface area contributed by atoms with E-state index in [1.807, 2.05) is 46.8 Å². The molecule has 164 valence electrons. The maximum Gasteiger partial charge on any atom is 0.155 e. The van der Waals surface area contributed by atoms with E-state index in [0.29, 0.717) is 6.04 Å². The predicted molar refractivity (Wildman–Crippen MR) is 125 cm³/mol. The summed E-state index contributed by atoms with van der Waals surface area (Å²) < 4.78 is 26.6. The minimum Gasteiger partial charge on any atom is -0.324 e. The van der Waals surface area contributed by atoms with Gasteiger partial charge >= 0.3 is 0 Å². The molecule has 0 amide bonds. The van der Waals surface area contributed by atoms with E-state index >= 15 is 0 Å². The van der Waals surface area contributed by atoms with Crippen LogP contribution in [0.5, 0.6) is 0 Å². The van der Waals surface area contributed by atoms with Crippen molar-refractivity contribution in [2.24, 2.45) is 5.73 Å². The summed E-state index contributed by atoms with van der Waals surface area (Å²) in [7, 11) is 0. The Morgan fingerprint density at radius 3 is 2.03 bits per heavy atom. The van der Waals surface area contributed by atoms with Crippen LogP contribution >= 0.6 is 0 Å². The molecule has 0 radical (unpaired) electrons. The number of halogens is 2. The third kappa shape index (κ3) is 8.63. The number of alkyl halides is 1. The molecule has 1 aliphatic carbocycles. The Balaban J connectivity index is 0.000000841. The van der Waals surface area contributed by atoms with Gasteiger partial charge in [-0.3, -0.25) is 0 Å². The Morgan fingerprint density at radius 2 is 1.69 bits per heavy atom. The molecule has 0 heterocycles. The van der Waals surface area contributed by atoms with Crippen molar-refractivity contribution in [2.75, 3.05) is 6.54 Å². The zero-order valence-electron chi connectivity index (χ0n) is 19.5. The highest BCUT2D eigenvalue weighted by molar-refractivity contribution is 5.77. The van der Waals surface area contributed by atoms with Crippen LogP contribution in [-0.2, 0) is 0 Å². The lowest BCUT2D eigenvalue weighted by Gasteiger charge is -2.20. The van der Waals surface area contributed by atoms with Gasteiger partial charge < -0.3 is 11.1 Å². The van der Waals surface area contributed by atoms with Crippen molar-refractivity contribution in [3.05, 3.63) is 58.9 Å². The van der Waals surface area contributed by atoms with Gasteiger partial charge in [-0.2, -0.15) is 0 Å². The molecular weight excluding hydrogens is 366 g/mol. The molecule has 0 bridgehead atoms. The normalized spacial score (nSPS) is 16.6. The second kappa shape index (κ2) is 13.4. The molecule has 4 heteroatoms. The number of nitrogens with two attached hydrogens (primary N) is 1. The number of allylic oxidation sites excluding steroid dienone is 4. The number of aryl methyl sites for hydroxylation is 2. The van der Waals surface area contributed by atoms with E-state index in [-0.39, 0.29) is 12.5 Å². The summed E-state index contributed by atoms with van der Waals surface area (Å²) in [6, 6.07) is 4.52. The fourth-order valence-corrected chi connectivity index (χ4v) is 3.15. The van der Waals surface area contributed by atoms with Crippen LogP contribution in [0.4, 0.5) is 8.78 Å². The fraction of sp³-hybridized carbons (Fsp3) is 0.520. The summed E-state index contributed by atoms with van der Waals surface area (Å²) in [4.78, 5) is 0. The van der Waals surface area contributed by atoms with E-state index in [9.17, 15) is 8.78 Å². The lowest BCUT2D eigenvalue weighted by molar-refractivity contribution is 0.329. The summed E-state index contributed by atoms with van der Waals surface area (Å²) in [5, 5.41) is 3.21. The predicted octanol–water partition coefficient (Wildman–Crippen LogP) is 6.67. The van der Waals surface area contributed by atoms with Crippen molar-refractivity contribution in [2.45, 2.75) is 80.1 Å². The lowest BCUT2D eigenvalue weighted by Crippen LogP contribution is -2.21. The number of benzene rings is 1. The minimum atomic E-state index is -1.54. The fourth-order valence-electron chi connectivity index (χ4n) is 3.15. The quantitative estimate of drug-likeness (QED) is 0.573. The van der Waals surface area contributed by atoms with Gasteiger partial charge in [-0.05, 0) is 66.8 Å². The number of hydrogen-bond donors (Lipinski definition) is 2. The van der Waals surface area contributed by atoms with Crippen molar-refractivity contribution in [3.8, 4) is 0 Å². The molecule has 0 fully saturated rings. The van der Waals surface area contributed by atoms with Crippen LogP contribution in [0.1, 0.15) is 70.2 Å². The average molecular weight is 407 g/mol. The number of nitrogens with one attached hydrogen (secondary N) is 1. The van der Waals surface area contributed by atoms with Gasteiger partial charge in [0.05, 0.1) is 0 Å². The standard InChI is InChI=1S/C18H21F2N.C5H13N.C2H6/c1-10-7-15(14-5-6-16(19)17(20)9-14)8-11(2)18(10)12(3)13(4)21;1-4-6-5(2)3;1-2/h5-8,13,17H,3,9,21H2,1-2,4H3;5-6H,4H2,1-3H3;1-2H3/t13?,17-;;/m1../s1. The van der Waals surface area contributed by atoms with Crippen LogP contribution in [0.3, 0.4) is 0 Å². The maximum absolute atomic E-state index is 13.5. The molecule has 0 aromatic heterocycles. The van der Waals surface area contributed by atoms with E-state index in [0.717, 1.165) is 39.9 Å². The van der Waals surface area contributed by atoms with Gasteiger partial charge in [-0.15, -0.1) is 0 Å². The van der Waals surface area contributed by atoms with Crippen LogP contribution in [-0.4, -0.2) is 24.8 Å². The largest absolute Gasteiger partial charge is 0.324 e. The van der Waals surface area contributed by atoms with Crippen LogP contribution in [0.2, 0.25) is 0 Å². The van der Waals surface area contributed by atoms with Crippen molar-refractivity contribution < 1.29 is 8.78 Å². The molecule has 0 saturated carbocycles. The summed E-state index contributed by atoms with van der Waals surface area (Å²) >= 11 is 0. The Hall–Kier alpha value is -1.78. The van der Waals surface area contributed by atoms with Crippen LogP contribution < -0.4 is 11.1 Å². The van der Waals surface area contributed by atoms with Gasteiger partial charge in [0.2, 0.25) is 0 Å². The van der Waals surface area contributed by atoms with Crippen molar-refractivity contribution in [1.82, 2.24) is 5.32 Å². The highest BCUT2D eigenvalue weighted by atomic mass is 19.2. The number of hydrogen-bond acceptors (Lipinski definition) is 2. The highest BCUT2D eigenvalue weighted by Gasteiger charge is 2.20. The van der Waals surface area contributed by atoms with Gasteiger partial charge in [0, 0.05) is 18.5 Å². The van der Waals surface area contributed by atoms with Gasteiger partial charge in [0.25, 0.3) is 0 Å². The molecule has 1 aliphatic rings. The van der Waals surface area contributed by atoms with E-state index < -0.39 is 12.0 Å². The van der Waals surface area contributed by atoms with Crippen LogP contribution in [0, 0.1) is 13.8 Å². The first-order valence-corrected chi connectivity index (χ1v) is 10.6. The molecule has 1 aromatic rings. The van der Waals surface area contributed by atoms with Crippen molar-refractivity contribution >= 4 is 11.1 Å². The molecule has 2 rings (SSSR count). The molecule has 0 spiro atoms. The number of rotatable bonds is 5. The van der Waals surface area contributed by atoms with E-state index in [1.54, 1.807) is 6.08 Å². The SMILES string of the molecule is C=C(c1c(C)cc(C2=CC=C(F)[C@H](F)C2)cc1C)C(C)N.CC.CCNC(C)C. The minimum absolute atomic E-state index is 0.0782. The third-order valence-electron chi connectivity index (χ3n) is 4.53. The molecule has 3 N–H and O–H groups in total. The summed E-state index contributed by atoms with van der Waals surface area (Å²) in [6.45, 7) is 21.4. The first kappa shape index (κ1) is 27.2. The Bertz CT molecular complexity index is 693. The molecule has 0 aliphatic heterocycles. The summed E-state index contributed by atoms with van der Waals surface area (Å²) in [5.41, 5.74) is 11.7. The molecule has 29 heavy (non-hydrogen) atoms. The van der Waals surface area contributed by atoms with Crippen molar-refractivity contribution in [1.29, 1.82) is 0 Å². The van der Waals surface area contributed by atoms with E-state index in [1.165, 1.54) is 6.08 Å². The molecule has 1 unspecified atom stereocenters. The van der Waals surface area contributed by atoms with Crippen LogP contribution in [0.25, 0.3) is 11.1 Å². The lowest BCUT2D eigenvalue weighted by atomic mass is 9.87. The first-order valence-electron chi connectivity index (χ1n) is 10.6. The summed E-state index contributed by atoms with van der Waals surface area (Å²) in [6.07, 6.45) is 1.40. The highest BCUT2D eigenvalue weighted by Crippen LogP contribution is 2.33. The second-order valence-corrected chi connectivity index (χ2v) is 7.43. The molecule has 2 nitrogen and oxygen atoms in total. The average Bonchev–Trinajstić information content (AvgIpc) is 2.65. The van der Waals surface area contributed by atoms with Gasteiger partial charge in [0.1, 0.15) is 5.83 Å². The monoisotopic (exact) mass is 406 g/mol. The zero-order valence-corrected chi connectivity index (χ0v) is 19.5. The van der Waals surface area contributed by atoms with Crippen LogP contribution in [0.15, 0.2) is 36.7 Å². The topological polar surface area (TPSA) is 38.0 Å². The molecule has 0 saturated heterocycles. The molecular formula is C25H40F2N2. The third-order valence-corrected chi connectivity index (χ3v) is 4.53. The van der Waals surface area contributed by atoms with Gasteiger partial charge in [0.15, 0.2) is 6.17 Å². The van der Waals surface area contributed by atoms with E-state index in [4.69, 9.17) is 5.73 Å². The van der Waals surface area contributed by atoms with Gasteiger partial charge in [-0.25, -0.2) is 8.78 Å². The maximum atomic E-state index is 13.5. The summed E-state index contributed by atoms with van der Waals surface area (Å²) in [5.74, 6) is -0.700. The molecule has 1 aromatic carbocycles. The Morgan fingerprint density at radius 1 is 1.17 bits per heavy atom. The molecule has 2 atom stereocenters. The Kier molecular flexibility index (Phi) is 12.6. The van der Waals surface area contributed by atoms with Crippen molar-refractivity contribution in [3.63, 3.8) is 0 Å².